The number of hydrogen-bond donors (Lipinski definition) is 2. The second-order valence-electron chi connectivity index (χ2n) is 8.07. The lowest BCUT2D eigenvalue weighted by Crippen LogP contribution is -2.27. The van der Waals surface area contributed by atoms with Gasteiger partial charge in [0.2, 0.25) is 11.7 Å². The number of aliphatic hydroxyl groups is 1. The minimum Gasteiger partial charge on any atom is -0.489 e. The fourth-order valence-corrected chi connectivity index (χ4v) is 3.07. The Balaban J connectivity index is 0.000000945. The van der Waals surface area contributed by atoms with Crippen LogP contribution in [0.5, 0.6) is 11.6 Å². The molecule has 0 saturated carbocycles. The van der Waals surface area contributed by atoms with Crippen molar-refractivity contribution in [1.82, 2.24) is 9.97 Å². The van der Waals surface area contributed by atoms with Gasteiger partial charge < -0.3 is 25.2 Å². The van der Waals surface area contributed by atoms with Crippen LogP contribution in [-0.4, -0.2) is 59.3 Å². The third-order valence-electron chi connectivity index (χ3n) is 4.98. The molecule has 2 atom stereocenters. The largest absolute Gasteiger partial charge is 0.489 e. The van der Waals surface area contributed by atoms with E-state index in [0.29, 0.717) is 38.8 Å². The Hall–Kier alpha value is -3.08. The Labute approximate surface area is 196 Å². The predicted octanol–water partition coefficient (Wildman–Crippen LogP) is 3.28. The monoisotopic (exact) mass is 484 g/mol. The molecule has 0 spiro atoms. The van der Waals surface area contributed by atoms with Crippen molar-refractivity contribution >= 4 is 11.7 Å². The number of primary amides is 1. The van der Waals surface area contributed by atoms with E-state index in [2.05, 4.69) is 9.97 Å². The van der Waals surface area contributed by atoms with E-state index in [1.54, 1.807) is 36.1 Å². The van der Waals surface area contributed by atoms with Crippen LogP contribution >= 0.6 is 0 Å². The van der Waals surface area contributed by atoms with E-state index in [0.717, 1.165) is 18.3 Å². The van der Waals surface area contributed by atoms with E-state index in [1.165, 1.54) is 0 Å². The smallest absolute Gasteiger partial charge is 0.278 e. The van der Waals surface area contributed by atoms with Crippen molar-refractivity contribution in [2.24, 2.45) is 5.73 Å². The Morgan fingerprint density at radius 2 is 1.97 bits per heavy atom. The van der Waals surface area contributed by atoms with Gasteiger partial charge in [-0.3, -0.25) is 4.79 Å². The SMILES string of the molecule is CC(C(N)=O)c1ccc(OC2CCN(c3ncnc(OCC(C)(F)F)c3F)C2)cc1.CCCO. The number of aliphatic hydroxyl groups excluding tert-OH is 1. The van der Waals surface area contributed by atoms with Gasteiger partial charge >= 0.3 is 0 Å². The number of benzene rings is 1. The van der Waals surface area contributed by atoms with Crippen LogP contribution in [0.25, 0.3) is 0 Å². The van der Waals surface area contributed by atoms with Crippen LogP contribution in [0.15, 0.2) is 30.6 Å². The molecule has 3 N–H and O–H groups in total. The van der Waals surface area contributed by atoms with E-state index < -0.39 is 36.1 Å². The maximum Gasteiger partial charge on any atom is 0.278 e. The van der Waals surface area contributed by atoms with Gasteiger partial charge in [0.25, 0.3) is 11.8 Å². The summed E-state index contributed by atoms with van der Waals surface area (Å²) in [6.07, 6.45) is 2.35. The highest BCUT2D eigenvalue weighted by Gasteiger charge is 2.30. The number of amides is 1. The Morgan fingerprint density at radius 3 is 2.53 bits per heavy atom. The number of ether oxygens (including phenoxy) is 2. The van der Waals surface area contributed by atoms with E-state index >= 15 is 0 Å². The lowest BCUT2D eigenvalue weighted by Gasteiger charge is -2.20. The van der Waals surface area contributed by atoms with Crippen molar-refractivity contribution in [3.63, 3.8) is 0 Å². The molecule has 1 saturated heterocycles. The molecule has 1 aromatic carbocycles. The van der Waals surface area contributed by atoms with Gasteiger partial charge in [0, 0.05) is 26.5 Å². The van der Waals surface area contributed by atoms with Gasteiger partial charge in [0.15, 0.2) is 12.4 Å². The fourth-order valence-electron chi connectivity index (χ4n) is 3.07. The molecule has 2 heterocycles. The second-order valence-corrected chi connectivity index (χ2v) is 8.07. The molecular formula is C23H31F3N4O4. The van der Waals surface area contributed by atoms with Gasteiger partial charge in [-0.15, -0.1) is 0 Å². The van der Waals surface area contributed by atoms with Crippen LogP contribution < -0.4 is 20.1 Å². The maximum absolute atomic E-state index is 14.6. The summed E-state index contributed by atoms with van der Waals surface area (Å²) in [5.74, 6) is -4.71. The molecule has 1 aliphatic rings. The van der Waals surface area contributed by atoms with Gasteiger partial charge in [0.05, 0.1) is 12.5 Å². The van der Waals surface area contributed by atoms with Crippen molar-refractivity contribution in [3.8, 4) is 11.6 Å². The molecule has 0 radical (unpaired) electrons. The number of nitrogens with zero attached hydrogens (tertiary/aromatic N) is 3. The molecule has 0 bridgehead atoms. The zero-order chi connectivity index (χ0) is 25.3. The summed E-state index contributed by atoms with van der Waals surface area (Å²) in [6.45, 7) is 4.51. The third-order valence-corrected chi connectivity index (χ3v) is 4.98. The molecule has 11 heteroatoms. The molecule has 8 nitrogen and oxygen atoms in total. The molecule has 3 rings (SSSR count). The van der Waals surface area contributed by atoms with Gasteiger partial charge in [-0.2, -0.15) is 9.37 Å². The number of hydrogen-bond acceptors (Lipinski definition) is 7. The van der Waals surface area contributed by atoms with Crippen LogP contribution in [0.4, 0.5) is 19.0 Å². The van der Waals surface area contributed by atoms with Crippen molar-refractivity contribution in [2.75, 3.05) is 31.2 Å². The molecule has 0 aliphatic carbocycles. The molecule has 2 aromatic rings. The standard InChI is InChI=1S/C20H23F3N4O3.C3H8O/c1-12(17(24)28)13-3-5-14(6-4-13)30-15-7-8-27(9-15)18-16(21)19(26-11-25-18)29-10-20(2,22)23;1-2-3-4/h3-6,11-12,15H,7-10H2,1-2H3,(H2,24,28);4H,2-3H2,1H3. The minimum atomic E-state index is -3.10. The lowest BCUT2D eigenvalue weighted by atomic mass is 10.0. The number of aromatic nitrogens is 2. The molecule has 2 unspecified atom stereocenters. The maximum atomic E-state index is 14.6. The summed E-state index contributed by atoms with van der Waals surface area (Å²) in [5.41, 5.74) is 6.10. The number of carbonyl (C=O) groups is 1. The Kier molecular flexibility index (Phi) is 9.91. The highest BCUT2D eigenvalue weighted by atomic mass is 19.3. The fraction of sp³-hybridized carbons (Fsp3) is 0.522. The predicted molar refractivity (Wildman–Crippen MR) is 121 cm³/mol. The number of alkyl halides is 2. The average molecular weight is 485 g/mol. The molecule has 1 aliphatic heterocycles. The van der Waals surface area contributed by atoms with Crippen molar-refractivity contribution in [1.29, 1.82) is 0 Å². The van der Waals surface area contributed by atoms with Crippen LogP contribution in [0.1, 0.15) is 45.1 Å². The number of anilines is 1. The first-order valence-corrected chi connectivity index (χ1v) is 11.0. The van der Waals surface area contributed by atoms with Crippen molar-refractivity contribution in [2.45, 2.75) is 51.6 Å². The Bertz CT molecular complexity index is 923. The van der Waals surface area contributed by atoms with Gasteiger partial charge in [-0.05, 0) is 31.0 Å². The molecule has 188 valence electrons. The summed E-state index contributed by atoms with van der Waals surface area (Å²) in [6, 6.07) is 7.04. The topological polar surface area (TPSA) is 111 Å². The Morgan fingerprint density at radius 1 is 1.32 bits per heavy atom. The molecule has 1 fully saturated rings. The summed E-state index contributed by atoms with van der Waals surface area (Å²) in [7, 11) is 0. The summed E-state index contributed by atoms with van der Waals surface area (Å²) in [5, 5.41) is 7.88. The lowest BCUT2D eigenvalue weighted by molar-refractivity contribution is -0.119. The summed E-state index contributed by atoms with van der Waals surface area (Å²) >= 11 is 0. The van der Waals surface area contributed by atoms with E-state index in [9.17, 15) is 18.0 Å². The van der Waals surface area contributed by atoms with E-state index in [-0.39, 0.29) is 11.9 Å². The van der Waals surface area contributed by atoms with Crippen LogP contribution in [0.2, 0.25) is 0 Å². The minimum absolute atomic E-state index is 0.0175. The summed E-state index contributed by atoms with van der Waals surface area (Å²) in [4.78, 5) is 20.5. The van der Waals surface area contributed by atoms with Crippen molar-refractivity contribution < 1.29 is 32.5 Å². The first-order chi connectivity index (χ1) is 16.1. The first-order valence-electron chi connectivity index (χ1n) is 11.0. The number of rotatable bonds is 9. The average Bonchev–Trinajstić information content (AvgIpc) is 3.26. The molecule has 1 amide bonds. The highest BCUT2D eigenvalue weighted by Crippen LogP contribution is 2.29. The number of carbonyl (C=O) groups excluding carboxylic acids is 1. The van der Waals surface area contributed by atoms with E-state index in [4.69, 9.17) is 20.3 Å². The van der Waals surface area contributed by atoms with Gasteiger partial charge in [0.1, 0.15) is 18.2 Å². The van der Waals surface area contributed by atoms with Crippen LogP contribution in [0, 0.1) is 5.82 Å². The quantitative estimate of drug-likeness (QED) is 0.562. The van der Waals surface area contributed by atoms with Crippen molar-refractivity contribution in [3.05, 3.63) is 42.0 Å². The second kappa shape index (κ2) is 12.4. The zero-order valence-corrected chi connectivity index (χ0v) is 19.5. The summed E-state index contributed by atoms with van der Waals surface area (Å²) < 4.78 is 51.3. The van der Waals surface area contributed by atoms with Crippen LogP contribution in [0.3, 0.4) is 0 Å². The number of halogens is 3. The molecule has 1 aromatic heterocycles. The molecular weight excluding hydrogens is 453 g/mol. The third kappa shape index (κ3) is 8.05. The van der Waals surface area contributed by atoms with Gasteiger partial charge in [-0.1, -0.05) is 19.1 Å². The highest BCUT2D eigenvalue weighted by molar-refractivity contribution is 5.81. The van der Waals surface area contributed by atoms with Gasteiger partial charge in [-0.25, -0.2) is 13.8 Å². The van der Waals surface area contributed by atoms with E-state index in [1.807, 2.05) is 6.92 Å². The normalized spacial score (nSPS) is 16.4. The first kappa shape index (κ1) is 27.2. The zero-order valence-electron chi connectivity index (χ0n) is 19.5. The molecule has 34 heavy (non-hydrogen) atoms. The van der Waals surface area contributed by atoms with Crippen LogP contribution in [-0.2, 0) is 4.79 Å². The number of nitrogens with two attached hydrogens (primary N) is 1.